The molecule has 0 radical (unpaired) electrons. The molecule has 31 heavy (non-hydrogen) atoms. The Morgan fingerprint density at radius 3 is 2.32 bits per heavy atom. The van der Waals surface area contributed by atoms with Crippen LogP contribution < -0.4 is 9.47 Å². The van der Waals surface area contributed by atoms with Gasteiger partial charge in [0.2, 0.25) is 0 Å². The number of amides is 1. The number of aliphatic hydroxyl groups is 1. The van der Waals surface area contributed by atoms with Crippen molar-refractivity contribution < 1.29 is 28.9 Å². The zero-order valence-electron chi connectivity index (χ0n) is 18.1. The fourth-order valence-electron chi connectivity index (χ4n) is 3.62. The van der Waals surface area contributed by atoms with Crippen LogP contribution in [0.1, 0.15) is 31.0 Å². The van der Waals surface area contributed by atoms with Crippen LogP contribution in [-0.2, 0) is 14.3 Å². The molecule has 1 aliphatic heterocycles. The third-order valence-corrected chi connectivity index (χ3v) is 5.12. The molecular weight excluding hydrogens is 398 g/mol. The first-order valence-corrected chi connectivity index (χ1v) is 10.1. The number of aliphatic hydroxyl groups excluding tert-OH is 1. The lowest BCUT2D eigenvalue weighted by Crippen LogP contribution is -2.33. The largest absolute Gasteiger partial charge is 0.507 e. The molecule has 1 aliphatic rings. The molecule has 2 aromatic rings. The molecule has 1 unspecified atom stereocenters. The molecule has 3 rings (SSSR count). The average Bonchev–Trinajstić information content (AvgIpc) is 3.03. The first-order chi connectivity index (χ1) is 14.9. The molecule has 164 valence electrons. The van der Waals surface area contributed by atoms with Crippen LogP contribution in [0.4, 0.5) is 0 Å². The highest BCUT2D eigenvalue weighted by molar-refractivity contribution is 6.46. The highest BCUT2D eigenvalue weighted by Gasteiger charge is 2.46. The molecule has 0 spiro atoms. The van der Waals surface area contributed by atoms with Gasteiger partial charge in [-0.3, -0.25) is 9.59 Å². The summed E-state index contributed by atoms with van der Waals surface area (Å²) in [4.78, 5) is 27.4. The summed E-state index contributed by atoms with van der Waals surface area (Å²) < 4.78 is 16.2. The van der Waals surface area contributed by atoms with Crippen LogP contribution in [0, 0.1) is 0 Å². The maximum absolute atomic E-state index is 13.0. The Morgan fingerprint density at radius 1 is 1.03 bits per heavy atom. The lowest BCUT2D eigenvalue weighted by molar-refractivity contribution is -0.140. The van der Waals surface area contributed by atoms with Crippen molar-refractivity contribution in [3.63, 3.8) is 0 Å². The minimum atomic E-state index is -0.797. The van der Waals surface area contributed by atoms with Gasteiger partial charge < -0.3 is 24.2 Å². The third kappa shape index (κ3) is 4.56. The van der Waals surface area contributed by atoms with E-state index in [1.807, 2.05) is 13.8 Å². The minimum absolute atomic E-state index is 0.0131. The summed E-state index contributed by atoms with van der Waals surface area (Å²) in [6.07, 6.45) is -0.0131. The normalized spacial score (nSPS) is 18.0. The maximum atomic E-state index is 13.0. The highest BCUT2D eigenvalue weighted by atomic mass is 16.5. The van der Waals surface area contributed by atoms with Gasteiger partial charge in [0.1, 0.15) is 17.3 Å². The second-order valence-corrected chi connectivity index (χ2v) is 7.38. The van der Waals surface area contributed by atoms with E-state index < -0.39 is 17.7 Å². The Labute approximate surface area is 181 Å². The van der Waals surface area contributed by atoms with Crippen LogP contribution in [0.15, 0.2) is 54.1 Å². The van der Waals surface area contributed by atoms with Gasteiger partial charge in [-0.1, -0.05) is 18.2 Å². The predicted molar refractivity (Wildman–Crippen MR) is 116 cm³/mol. The Kier molecular flexibility index (Phi) is 6.97. The van der Waals surface area contributed by atoms with E-state index in [2.05, 4.69) is 0 Å². The van der Waals surface area contributed by atoms with Gasteiger partial charge in [-0.25, -0.2) is 0 Å². The summed E-state index contributed by atoms with van der Waals surface area (Å²) in [7, 11) is 3.07. The van der Waals surface area contributed by atoms with Crippen molar-refractivity contribution in [2.24, 2.45) is 0 Å². The van der Waals surface area contributed by atoms with Crippen LogP contribution in [-0.4, -0.2) is 55.2 Å². The van der Waals surface area contributed by atoms with E-state index in [0.29, 0.717) is 22.6 Å². The molecule has 7 heteroatoms. The number of para-hydroxylation sites is 1. The summed E-state index contributed by atoms with van der Waals surface area (Å²) in [5.74, 6) is -0.537. The van der Waals surface area contributed by atoms with Crippen molar-refractivity contribution >= 4 is 17.4 Å². The first kappa shape index (κ1) is 22.4. The number of ether oxygens (including phenoxy) is 3. The van der Waals surface area contributed by atoms with Crippen LogP contribution in [0.5, 0.6) is 11.5 Å². The fraction of sp³-hybridized carbons (Fsp3) is 0.333. The van der Waals surface area contributed by atoms with E-state index in [1.165, 1.54) is 12.0 Å². The molecule has 2 aromatic carbocycles. The molecule has 1 atom stereocenters. The van der Waals surface area contributed by atoms with Crippen LogP contribution in [0.25, 0.3) is 5.76 Å². The standard InChI is InChI=1S/C24H27NO6/c1-15(2)31-14-13-25-21(18-7-5-6-8-19(18)30-4)20(23(27)24(25)28)22(26)16-9-11-17(29-3)12-10-16/h5-12,15,21,26H,13-14H2,1-4H3/b22-20-. The molecule has 1 saturated heterocycles. The molecule has 0 aliphatic carbocycles. The van der Waals surface area contributed by atoms with Crippen molar-refractivity contribution in [3.05, 3.63) is 65.2 Å². The zero-order chi connectivity index (χ0) is 22.5. The second kappa shape index (κ2) is 9.66. The zero-order valence-corrected chi connectivity index (χ0v) is 18.1. The van der Waals surface area contributed by atoms with E-state index >= 15 is 0 Å². The number of likely N-dealkylation sites (tertiary alicyclic amines) is 1. The van der Waals surface area contributed by atoms with Crippen molar-refractivity contribution in [2.45, 2.75) is 26.0 Å². The number of hydrogen-bond donors (Lipinski definition) is 1. The van der Waals surface area contributed by atoms with Gasteiger partial charge in [-0.15, -0.1) is 0 Å². The number of nitrogens with zero attached hydrogens (tertiary/aromatic N) is 1. The summed E-state index contributed by atoms with van der Waals surface area (Å²) in [6.45, 7) is 4.26. The average molecular weight is 425 g/mol. The van der Waals surface area contributed by atoms with E-state index in [4.69, 9.17) is 14.2 Å². The number of methoxy groups -OCH3 is 2. The van der Waals surface area contributed by atoms with Gasteiger partial charge in [0, 0.05) is 17.7 Å². The summed E-state index contributed by atoms with van der Waals surface area (Å²) in [5.41, 5.74) is 1.05. The van der Waals surface area contributed by atoms with Gasteiger partial charge in [0.05, 0.1) is 38.5 Å². The van der Waals surface area contributed by atoms with Gasteiger partial charge in [-0.05, 0) is 44.2 Å². The number of benzene rings is 2. The number of rotatable bonds is 8. The van der Waals surface area contributed by atoms with Crippen molar-refractivity contribution in [1.82, 2.24) is 4.90 Å². The molecule has 0 bridgehead atoms. The van der Waals surface area contributed by atoms with E-state index in [0.717, 1.165) is 0 Å². The van der Waals surface area contributed by atoms with Crippen molar-refractivity contribution in [2.75, 3.05) is 27.4 Å². The number of Topliss-reactive ketones (excluding diaryl/α,β-unsaturated/α-hetero) is 1. The quantitative estimate of drug-likeness (QED) is 0.396. The summed E-state index contributed by atoms with van der Waals surface area (Å²) in [6, 6.07) is 13.0. The lowest BCUT2D eigenvalue weighted by Gasteiger charge is -2.26. The van der Waals surface area contributed by atoms with Crippen LogP contribution in [0.2, 0.25) is 0 Å². The fourth-order valence-corrected chi connectivity index (χ4v) is 3.62. The smallest absolute Gasteiger partial charge is 0.295 e. The van der Waals surface area contributed by atoms with E-state index in [-0.39, 0.29) is 30.6 Å². The lowest BCUT2D eigenvalue weighted by atomic mass is 9.94. The molecule has 1 heterocycles. The Hall–Kier alpha value is -3.32. The molecule has 0 aromatic heterocycles. The molecule has 1 amide bonds. The Bertz CT molecular complexity index is 980. The summed E-state index contributed by atoms with van der Waals surface area (Å²) in [5, 5.41) is 11.1. The van der Waals surface area contributed by atoms with Gasteiger partial charge in [-0.2, -0.15) is 0 Å². The van der Waals surface area contributed by atoms with Gasteiger partial charge >= 0.3 is 0 Å². The Balaban J connectivity index is 2.12. The number of carbonyl (C=O) groups is 2. The molecule has 1 N–H and O–H groups in total. The van der Waals surface area contributed by atoms with E-state index in [9.17, 15) is 14.7 Å². The second-order valence-electron chi connectivity index (χ2n) is 7.38. The highest BCUT2D eigenvalue weighted by Crippen LogP contribution is 2.42. The monoisotopic (exact) mass is 425 g/mol. The molecule has 0 saturated carbocycles. The third-order valence-electron chi connectivity index (χ3n) is 5.12. The van der Waals surface area contributed by atoms with Crippen LogP contribution in [0.3, 0.4) is 0 Å². The van der Waals surface area contributed by atoms with E-state index in [1.54, 1.807) is 55.6 Å². The number of carbonyl (C=O) groups excluding carboxylic acids is 2. The molecular formula is C24H27NO6. The predicted octanol–water partition coefficient (Wildman–Crippen LogP) is 3.55. The number of ketones is 1. The van der Waals surface area contributed by atoms with Gasteiger partial charge in [0.15, 0.2) is 0 Å². The van der Waals surface area contributed by atoms with Gasteiger partial charge in [0.25, 0.3) is 11.7 Å². The first-order valence-electron chi connectivity index (χ1n) is 10.1. The SMILES string of the molecule is COc1ccc(/C(O)=C2/C(=O)C(=O)N(CCOC(C)C)C2c2ccccc2OC)cc1. The maximum Gasteiger partial charge on any atom is 0.295 e. The van der Waals surface area contributed by atoms with Crippen molar-refractivity contribution in [1.29, 1.82) is 0 Å². The minimum Gasteiger partial charge on any atom is -0.507 e. The topological polar surface area (TPSA) is 85.3 Å². The molecule has 1 fully saturated rings. The van der Waals surface area contributed by atoms with Crippen molar-refractivity contribution in [3.8, 4) is 11.5 Å². The number of hydrogen-bond acceptors (Lipinski definition) is 6. The van der Waals surface area contributed by atoms with Crippen LogP contribution >= 0.6 is 0 Å². The summed E-state index contributed by atoms with van der Waals surface area (Å²) >= 11 is 0. The Morgan fingerprint density at radius 2 is 1.71 bits per heavy atom. The molecule has 7 nitrogen and oxygen atoms in total.